The molecule has 0 aromatic heterocycles. The molecular weight excluding hydrogens is 278 g/mol. The molecule has 0 spiro atoms. The molecule has 1 saturated heterocycles. The minimum absolute atomic E-state index is 0.0911. The fourth-order valence-corrected chi connectivity index (χ4v) is 6.10. The molecule has 0 bridgehead atoms. The molecule has 4 nitrogen and oxygen atoms in total. The fraction of sp³-hybridized carbons (Fsp3) is 0.778. The Hall–Kier alpha value is -1.16. The van der Waals surface area contributed by atoms with Crippen LogP contribution in [0.5, 0.6) is 0 Å². The number of nitrogens with one attached hydrogen (secondary N) is 1. The Kier molecular flexibility index (Phi) is 2.91. The van der Waals surface area contributed by atoms with Gasteiger partial charge in [0.1, 0.15) is 5.78 Å². The summed E-state index contributed by atoms with van der Waals surface area (Å²) in [6.45, 7) is 4.26. The van der Waals surface area contributed by atoms with Gasteiger partial charge in [-0.1, -0.05) is 19.9 Å². The first-order valence-electron chi connectivity index (χ1n) is 8.58. The van der Waals surface area contributed by atoms with Crippen LogP contribution in [-0.4, -0.2) is 22.9 Å². The highest BCUT2D eigenvalue weighted by atomic mass is 16.3. The normalized spacial score (nSPS) is 50.6. The molecular formula is C18H25NO3. The number of rotatable bonds is 0. The minimum atomic E-state index is -0.447. The Morgan fingerprint density at radius 2 is 2.00 bits per heavy atom. The molecule has 1 amide bonds. The molecule has 0 aromatic rings. The van der Waals surface area contributed by atoms with Gasteiger partial charge in [-0.05, 0) is 43.4 Å². The Morgan fingerprint density at radius 3 is 2.77 bits per heavy atom. The number of Topliss-reactive ketones (excluding diaryl/α,β-unsaturated/α-hetero) is 1. The highest BCUT2D eigenvalue weighted by molar-refractivity contribution is 5.87. The molecule has 120 valence electrons. The molecule has 3 fully saturated rings. The SMILES string of the molecule is CC12CC(O)C3C(CC=C4NC(=O)CC[C@@]43C)C1CCC2=O. The van der Waals surface area contributed by atoms with Crippen LogP contribution in [0.1, 0.15) is 52.4 Å². The van der Waals surface area contributed by atoms with E-state index in [4.69, 9.17) is 0 Å². The number of hydrogen-bond acceptors (Lipinski definition) is 3. The Balaban J connectivity index is 1.76. The van der Waals surface area contributed by atoms with Crippen LogP contribution in [0.4, 0.5) is 0 Å². The van der Waals surface area contributed by atoms with Gasteiger partial charge in [-0.15, -0.1) is 0 Å². The minimum Gasteiger partial charge on any atom is -0.393 e. The van der Waals surface area contributed by atoms with Crippen LogP contribution in [0.2, 0.25) is 0 Å². The van der Waals surface area contributed by atoms with E-state index in [-0.39, 0.29) is 22.7 Å². The number of carbonyl (C=O) groups is 2. The summed E-state index contributed by atoms with van der Waals surface area (Å²) in [5, 5.41) is 13.9. The maximum absolute atomic E-state index is 12.4. The van der Waals surface area contributed by atoms with Gasteiger partial charge in [-0.25, -0.2) is 0 Å². The van der Waals surface area contributed by atoms with Crippen LogP contribution in [0.25, 0.3) is 0 Å². The first-order chi connectivity index (χ1) is 10.4. The molecule has 0 aromatic carbocycles. The van der Waals surface area contributed by atoms with Gasteiger partial charge in [0, 0.05) is 29.4 Å². The lowest BCUT2D eigenvalue weighted by molar-refractivity contribution is -0.146. The van der Waals surface area contributed by atoms with E-state index >= 15 is 0 Å². The molecule has 0 radical (unpaired) electrons. The summed E-state index contributed by atoms with van der Waals surface area (Å²) >= 11 is 0. The third-order valence-electron chi connectivity index (χ3n) is 7.25. The highest BCUT2D eigenvalue weighted by Gasteiger charge is 2.61. The lowest BCUT2D eigenvalue weighted by Gasteiger charge is -2.57. The van der Waals surface area contributed by atoms with E-state index in [9.17, 15) is 14.7 Å². The van der Waals surface area contributed by atoms with Crippen LogP contribution in [-0.2, 0) is 9.59 Å². The summed E-state index contributed by atoms with van der Waals surface area (Å²) in [6.07, 6.45) is 6.16. The number of piperidine rings is 1. The van der Waals surface area contributed by atoms with Crippen molar-refractivity contribution in [3.8, 4) is 0 Å². The van der Waals surface area contributed by atoms with Crippen LogP contribution >= 0.6 is 0 Å². The number of aliphatic hydroxyl groups is 1. The van der Waals surface area contributed by atoms with E-state index in [0.717, 1.165) is 25.0 Å². The number of amides is 1. The Bertz CT molecular complexity index is 583. The number of hydrogen-bond donors (Lipinski definition) is 2. The van der Waals surface area contributed by atoms with Gasteiger partial charge in [0.2, 0.25) is 5.91 Å². The number of aliphatic hydroxyl groups excluding tert-OH is 1. The van der Waals surface area contributed by atoms with Gasteiger partial charge < -0.3 is 10.4 Å². The van der Waals surface area contributed by atoms with E-state index in [1.54, 1.807) is 0 Å². The molecule has 5 unspecified atom stereocenters. The molecule has 1 heterocycles. The third-order valence-corrected chi connectivity index (χ3v) is 7.25. The van der Waals surface area contributed by atoms with Crippen LogP contribution < -0.4 is 5.32 Å². The average molecular weight is 303 g/mol. The van der Waals surface area contributed by atoms with Crippen molar-refractivity contribution in [3.05, 3.63) is 11.8 Å². The van der Waals surface area contributed by atoms with Crippen molar-refractivity contribution in [3.63, 3.8) is 0 Å². The quantitative estimate of drug-likeness (QED) is 0.721. The number of ketones is 1. The van der Waals surface area contributed by atoms with E-state index in [0.29, 0.717) is 36.9 Å². The van der Waals surface area contributed by atoms with Crippen LogP contribution in [0, 0.1) is 28.6 Å². The smallest absolute Gasteiger partial charge is 0.224 e. The van der Waals surface area contributed by atoms with Gasteiger partial charge in [0.05, 0.1) is 6.10 Å². The van der Waals surface area contributed by atoms with Gasteiger partial charge in [0.25, 0.3) is 0 Å². The number of allylic oxidation sites excluding steroid dienone is 2. The molecule has 4 heteroatoms. The summed E-state index contributed by atoms with van der Waals surface area (Å²) < 4.78 is 0. The predicted molar refractivity (Wildman–Crippen MR) is 81.6 cm³/mol. The standard InChI is InChI=1S/C18H25NO3/c1-17-8-7-15(22)19-13(17)5-3-10-11-4-6-14(21)18(11,2)9-12(20)16(10)17/h5,10-12,16,20H,3-4,6-9H2,1-2H3,(H,19,22)/t10?,11?,12?,16?,17-,18?/m0/s1. The second kappa shape index (κ2) is 4.44. The van der Waals surface area contributed by atoms with Crippen molar-refractivity contribution in [1.29, 1.82) is 0 Å². The molecule has 2 N–H and O–H groups in total. The zero-order valence-corrected chi connectivity index (χ0v) is 13.4. The maximum atomic E-state index is 12.4. The maximum Gasteiger partial charge on any atom is 0.224 e. The first kappa shape index (κ1) is 14.4. The van der Waals surface area contributed by atoms with Gasteiger partial charge in [-0.3, -0.25) is 9.59 Å². The van der Waals surface area contributed by atoms with Gasteiger partial charge >= 0.3 is 0 Å². The van der Waals surface area contributed by atoms with Crippen LogP contribution in [0.15, 0.2) is 11.8 Å². The van der Waals surface area contributed by atoms with Crippen molar-refractivity contribution >= 4 is 11.7 Å². The van der Waals surface area contributed by atoms with E-state index in [2.05, 4.69) is 25.2 Å². The van der Waals surface area contributed by atoms with Crippen molar-refractivity contribution in [1.82, 2.24) is 5.32 Å². The zero-order valence-electron chi connectivity index (χ0n) is 13.4. The topological polar surface area (TPSA) is 66.4 Å². The summed E-state index contributed by atoms with van der Waals surface area (Å²) in [4.78, 5) is 24.1. The molecule has 4 aliphatic rings. The number of fused-ring (bicyclic) bond motifs is 5. The van der Waals surface area contributed by atoms with Crippen molar-refractivity contribution in [2.24, 2.45) is 28.6 Å². The monoisotopic (exact) mass is 303 g/mol. The Morgan fingerprint density at radius 1 is 1.23 bits per heavy atom. The lowest BCUT2D eigenvalue weighted by atomic mass is 9.49. The largest absolute Gasteiger partial charge is 0.393 e. The summed E-state index contributed by atoms with van der Waals surface area (Å²) in [6, 6.07) is 0. The molecule has 4 rings (SSSR count). The second-order valence-corrected chi connectivity index (χ2v) is 8.27. The fourth-order valence-electron chi connectivity index (χ4n) is 6.10. The first-order valence-corrected chi connectivity index (χ1v) is 8.58. The molecule has 22 heavy (non-hydrogen) atoms. The van der Waals surface area contributed by atoms with E-state index in [1.165, 1.54) is 0 Å². The lowest BCUT2D eigenvalue weighted by Crippen LogP contribution is -2.58. The summed E-state index contributed by atoms with van der Waals surface area (Å²) in [5.41, 5.74) is 0.528. The zero-order chi connectivity index (χ0) is 15.7. The predicted octanol–water partition coefficient (Wildman–Crippen LogP) is 2.17. The molecule has 2 saturated carbocycles. The third kappa shape index (κ3) is 1.67. The molecule has 6 atom stereocenters. The van der Waals surface area contributed by atoms with Crippen molar-refractivity contribution in [2.75, 3.05) is 0 Å². The average Bonchev–Trinajstić information content (AvgIpc) is 2.75. The van der Waals surface area contributed by atoms with Crippen molar-refractivity contribution in [2.45, 2.75) is 58.5 Å². The molecule has 1 aliphatic heterocycles. The van der Waals surface area contributed by atoms with Crippen LogP contribution in [0.3, 0.4) is 0 Å². The molecule has 3 aliphatic carbocycles. The van der Waals surface area contributed by atoms with E-state index < -0.39 is 6.10 Å². The van der Waals surface area contributed by atoms with Gasteiger partial charge in [0.15, 0.2) is 0 Å². The van der Waals surface area contributed by atoms with Gasteiger partial charge in [-0.2, -0.15) is 0 Å². The Labute approximate surface area is 131 Å². The summed E-state index contributed by atoms with van der Waals surface area (Å²) in [7, 11) is 0. The van der Waals surface area contributed by atoms with Crippen molar-refractivity contribution < 1.29 is 14.7 Å². The summed E-state index contributed by atoms with van der Waals surface area (Å²) in [5.74, 6) is 1.35. The second-order valence-electron chi connectivity index (χ2n) is 8.27. The van der Waals surface area contributed by atoms with E-state index in [1.807, 2.05) is 0 Å². The highest BCUT2D eigenvalue weighted by Crippen LogP contribution is 2.62. The number of carbonyl (C=O) groups excluding carboxylic acids is 2.